The molecule has 5 heteroatoms. The molecule has 1 heterocycles. The number of pyridine rings is 1. The molecule has 0 saturated heterocycles. The minimum absolute atomic E-state index is 0.267. The number of aryl methyl sites for hydroxylation is 1. The van der Waals surface area contributed by atoms with E-state index in [1.54, 1.807) is 25.3 Å². The summed E-state index contributed by atoms with van der Waals surface area (Å²) in [5, 5.41) is 2.88. The first-order valence-electron chi connectivity index (χ1n) is 7.09. The second kappa shape index (κ2) is 6.03. The van der Waals surface area contributed by atoms with Crippen molar-refractivity contribution in [2.75, 3.05) is 0 Å². The van der Waals surface area contributed by atoms with Crippen LogP contribution in [0.1, 0.15) is 54.6 Å². The smallest absolute Gasteiger partial charge is 0.253 e. The van der Waals surface area contributed by atoms with Crippen molar-refractivity contribution in [2.45, 2.75) is 51.0 Å². The highest BCUT2D eigenvalue weighted by Crippen LogP contribution is 2.27. The second-order valence-electron chi connectivity index (χ2n) is 5.45. The summed E-state index contributed by atoms with van der Waals surface area (Å²) in [5.41, 5.74) is 5.81. The summed E-state index contributed by atoms with van der Waals surface area (Å²) in [6, 6.07) is 3.43. The van der Waals surface area contributed by atoms with Gasteiger partial charge < -0.3 is 11.1 Å². The first-order chi connectivity index (χ1) is 9.55. The van der Waals surface area contributed by atoms with Gasteiger partial charge in [0.05, 0.1) is 5.56 Å². The number of primary amides is 1. The Labute approximate surface area is 119 Å². The van der Waals surface area contributed by atoms with E-state index in [9.17, 15) is 9.59 Å². The van der Waals surface area contributed by atoms with Crippen molar-refractivity contribution in [2.24, 2.45) is 5.73 Å². The van der Waals surface area contributed by atoms with Crippen LogP contribution in [0.4, 0.5) is 0 Å². The fourth-order valence-corrected chi connectivity index (χ4v) is 2.77. The molecular formula is C15H21N3O2. The maximum absolute atomic E-state index is 12.4. The van der Waals surface area contributed by atoms with Crippen LogP contribution in [0.15, 0.2) is 18.3 Å². The second-order valence-corrected chi connectivity index (χ2v) is 5.45. The number of rotatable bonds is 3. The van der Waals surface area contributed by atoms with E-state index >= 15 is 0 Å². The number of nitrogens with two attached hydrogens (primary N) is 1. The Kier molecular flexibility index (Phi) is 4.37. The number of nitrogens with zero attached hydrogens (tertiary/aromatic N) is 1. The maximum atomic E-state index is 12.4. The highest BCUT2D eigenvalue weighted by Gasteiger charge is 2.38. The summed E-state index contributed by atoms with van der Waals surface area (Å²) >= 11 is 0. The number of hydrogen-bond acceptors (Lipinski definition) is 3. The van der Waals surface area contributed by atoms with Gasteiger partial charge in [-0.1, -0.05) is 25.7 Å². The molecule has 0 aromatic carbocycles. The van der Waals surface area contributed by atoms with E-state index in [4.69, 9.17) is 5.73 Å². The highest BCUT2D eigenvalue weighted by atomic mass is 16.2. The monoisotopic (exact) mass is 275 g/mol. The Balaban J connectivity index is 2.22. The van der Waals surface area contributed by atoms with Crippen LogP contribution in [-0.4, -0.2) is 22.3 Å². The molecule has 5 nitrogen and oxygen atoms in total. The van der Waals surface area contributed by atoms with Crippen LogP contribution in [0.25, 0.3) is 0 Å². The van der Waals surface area contributed by atoms with E-state index in [0.29, 0.717) is 24.1 Å². The molecule has 0 aliphatic heterocycles. The number of carbonyl (C=O) groups is 2. The van der Waals surface area contributed by atoms with Crippen LogP contribution in [0.5, 0.6) is 0 Å². The zero-order chi connectivity index (χ0) is 14.6. The zero-order valence-electron chi connectivity index (χ0n) is 11.8. The fourth-order valence-electron chi connectivity index (χ4n) is 2.77. The first-order valence-corrected chi connectivity index (χ1v) is 7.09. The molecule has 3 N–H and O–H groups in total. The molecule has 0 spiro atoms. The van der Waals surface area contributed by atoms with Gasteiger partial charge in [0.2, 0.25) is 5.91 Å². The van der Waals surface area contributed by atoms with Crippen LogP contribution in [0.3, 0.4) is 0 Å². The van der Waals surface area contributed by atoms with Crippen LogP contribution in [-0.2, 0) is 4.79 Å². The van der Waals surface area contributed by atoms with Gasteiger partial charge >= 0.3 is 0 Å². The lowest BCUT2D eigenvalue weighted by Crippen LogP contribution is -2.57. The highest BCUT2D eigenvalue weighted by molar-refractivity contribution is 5.99. The van der Waals surface area contributed by atoms with Gasteiger partial charge in [-0.3, -0.25) is 14.6 Å². The average Bonchev–Trinajstić information content (AvgIpc) is 2.65. The summed E-state index contributed by atoms with van der Waals surface area (Å²) in [5.74, 6) is -0.703. The predicted molar refractivity (Wildman–Crippen MR) is 76.1 cm³/mol. The third-order valence-electron chi connectivity index (χ3n) is 4.03. The Hall–Kier alpha value is -1.91. The van der Waals surface area contributed by atoms with Gasteiger partial charge in [0.1, 0.15) is 5.54 Å². The third kappa shape index (κ3) is 2.98. The molecule has 0 radical (unpaired) electrons. The number of amides is 2. The van der Waals surface area contributed by atoms with Crippen molar-refractivity contribution < 1.29 is 9.59 Å². The van der Waals surface area contributed by atoms with Gasteiger partial charge in [-0.15, -0.1) is 0 Å². The van der Waals surface area contributed by atoms with Crippen molar-refractivity contribution in [3.8, 4) is 0 Å². The zero-order valence-corrected chi connectivity index (χ0v) is 11.8. The van der Waals surface area contributed by atoms with E-state index in [2.05, 4.69) is 10.3 Å². The van der Waals surface area contributed by atoms with Crippen molar-refractivity contribution in [3.05, 3.63) is 29.6 Å². The minimum Gasteiger partial charge on any atom is -0.368 e. The molecule has 1 saturated carbocycles. The van der Waals surface area contributed by atoms with Crippen LogP contribution < -0.4 is 11.1 Å². The molecule has 2 amide bonds. The topological polar surface area (TPSA) is 85.1 Å². The molecule has 20 heavy (non-hydrogen) atoms. The lowest BCUT2D eigenvalue weighted by molar-refractivity contribution is -0.124. The number of aromatic nitrogens is 1. The SMILES string of the molecule is Cc1ncccc1C(=O)NC1(C(N)=O)CCCCCC1. The molecule has 2 rings (SSSR count). The summed E-state index contributed by atoms with van der Waals surface area (Å²) in [6.45, 7) is 1.78. The molecule has 0 atom stereocenters. The Morgan fingerprint density at radius 3 is 2.45 bits per heavy atom. The molecule has 0 unspecified atom stereocenters. The number of nitrogens with one attached hydrogen (secondary N) is 1. The molecule has 1 aromatic heterocycles. The van der Waals surface area contributed by atoms with E-state index in [0.717, 1.165) is 25.7 Å². The van der Waals surface area contributed by atoms with E-state index in [1.807, 2.05) is 0 Å². The van der Waals surface area contributed by atoms with Crippen molar-refractivity contribution >= 4 is 11.8 Å². The Morgan fingerprint density at radius 2 is 1.90 bits per heavy atom. The number of carbonyl (C=O) groups excluding carboxylic acids is 2. The Bertz CT molecular complexity index is 506. The fraction of sp³-hybridized carbons (Fsp3) is 0.533. The predicted octanol–water partition coefficient (Wildman–Crippen LogP) is 1.70. The molecule has 1 aliphatic carbocycles. The lowest BCUT2D eigenvalue weighted by Gasteiger charge is -2.30. The maximum Gasteiger partial charge on any atom is 0.253 e. The minimum atomic E-state index is -0.907. The van der Waals surface area contributed by atoms with Gasteiger partial charge in [0.15, 0.2) is 0 Å². The normalized spacial score (nSPS) is 18.1. The number of hydrogen-bond donors (Lipinski definition) is 2. The van der Waals surface area contributed by atoms with Gasteiger partial charge in [-0.2, -0.15) is 0 Å². The largest absolute Gasteiger partial charge is 0.368 e. The summed E-state index contributed by atoms with van der Waals surface area (Å²) in [6.07, 6.45) is 6.86. The summed E-state index contributed by atoms with van der Waals surface area (Å²) in [7, 11) is 0. The third-order valence-corrected chi connectivity index (χ3v) is 4.03. The molecule has 1 fully saturated rings. The summed E-state index contributed by atoms with van der Waals surface area (Å²) < 4.78 is 0. The molecular weight excluding hydrogens is 254 g/mol. The van der Waals surface area contributed by atoms with E-state index in [1.165, 1.54) is 0 Å². The quantitative estimate of drug-likeness (QED) is 0.823. The van der Waals surface area contributed by atoms with Crippen molar-refractivity contribution in [3.63, 3.8) is 0 Å². The molecule has 1 aliphatic rings. The first kappa shape index (κ1) is 14.5. The molecule has 108 valence electrons. The van der Waals surface area contributed by atoms with Crippen molar-refractivity contribution in [1.29, 1.82) is 0 Å². The van der Waals surface area contributed by atoms with Crippen molar-refractivity contribution in [1.82, 2.24) is 10.3 Å². The van der Waals surface area contributed by atoms with Gasteiger partial charge in [0.25, 0.3) is 5.91 Å². The van der Waals surface area contributed by atoms with Crippen LogP contribution in [0.2, 0.25) is 0 Å². The van der Waals surface area contributed by atoms with Crippen LogP contribution >= 0.6 is 0 Å². The van der Waals surface area contributed by atoms with Crippen LogP contribution in [0, 0.1) is 6.92 Å². The average molecular weight is 275 g/mol. The van der Waals surface area contributed by atoms with E-state index in [-0.39, 0.29) is 5.91 Å². The standard InChI is InChI=1S/C15H21N3O2/c1-11-12(7-6-10-17-11)13(19)18-15(14(16)20)8-4-2-3-5-9-15/h6-7,10H,2-5,8-9H2,1H3,(H2,16,20)(H,18,19). The molecule has 1 aromatic rings. The van der Waals surface area contributed by atoms with E-state index < -0.39 is 11.4 Å². The van der Waals surface area contributed by atoms with Gasteiger partial charge in [0, 0.05) is 11.9 Å². The van der Waals surface area contributed by atoms with Gasteiger partial charge in [-0.05, 0) is 31.9 Å². The molecule has 0 bridgehead atoms. The Morgan fingerprint density at radius 1 is 1.25 bits per heavy atom. The summed E-state index contributed by atoms with van der Waals surface area (Å²) in [4.78, 5) is 28.4. The van der Waals surface area contributed by atoms with Gasteiger partial charge in [-0.25, -0.2) is 0 Å². The lowest BCUT2D eigenvalue weighted by atomic mass is 9.89.